The Morgan fingerprint density at radius 2 is 1.65 bits per heavy atom. The van der Waals surface area contributed by atoms with Crippen molar-refractivity contribution in [1.82, 2.24) is 0 Å². The van der Waals surface area contributed by atoms with Crippen molar-refractivity contribution in [2.24, 2.45) is 4.99 Å². The lowest BCUT2D eigenvalue weighted by Gasteiger charge is -2.16. The number of amides is 1. The molecule has 3 aromatic carbocycles. The van der Waals surface area contributed by atoms with Gasteiger partial charge in [0.25, 0.3) is 11.6 Å². The Morgan fingerprint density at radius 1 is 0.973 bits per heavy atom. The fourth-order valence-electron chi connectivity index (χ4n) is 3.72. The number of carbonyl (C=O) groups excluding carboxylic acids is 1. The van der Waals surface area contributed by atoms with E-state index in [9.17, 15) is 14.9 Å². The number of nitro groups is 1. The quantitative estimate of drug-likeness (QED) is 0.149. The molecule has 184 valence electrons. The standard InChI is InChI=1S/C28H20ClN3O4S/c1-17-3-7-19(8-4-17)30-28-31(20-9-5-18(2)6-10-20)27(33)26(37-28)16-22-12-14-25(36-22)23-13-11-21(32(34)35)15-24(23)29/h3-16H,1-2H3/b26-16+,30-28?. The van der Waals surface area contributed by atoms with Crippen LogP contribution in [0.5, 0.6) is 0 Å². The number of hydrogen-bond donors (Lipinski definition) is 0. The van der Waals surface area contributed by atoms with Crippen LogP contribution in [0, 0.1) is 24.0 Å². The van der Waals surface area contributed by atoms with Gasteiger partial charge in [-0.2, -0.15) is 0 Å². The minimum atomic E-state index is -0.508. The monoisotopic (exact) mass is 529 g/mol. The van der Waals surface area contributed by atoms with Gasteiger partial charge in [-0.15, -0.1) is 0 Å². The molecular weight excluding hydrogens is 510 g/mol. The van der Waals surface area contributed by atoms with Crippen LogP contribution in [0.2, 0.25) is 5.02 Å². The number of aryl methyl sites for hydroxylation is 2. The van der Waals surface area contributed by atoms with Crippen LogP contribution in [0.3, 0.4) is 0 Å². The number of aliphatic imine (C=N–C) groups is 1. The van der Waals surface area contributed by atoms with E-state index < -0.39 is 4.92 Å². The molecule has 4 aromatic rings. The number of hydrogen-bond acceptors (Lipinski definition) is 6. The normalized spacial score (nSPS) is 15.6. The van der Waals surface area contributed by atoms with Crippen LogP contribution in [0.1, 0.15) is 16.9 Å². The average Bonchev–Trinajstić information content (AvgIpc) is 3.45. The van der Waals surface area contributed by atoms with Crippen molar-refractivity contribution < 1.29 is 14.1 Å². The molecular formula is C28H20ClN3O4S. The van der Waals surface area contributed by atoms with Crippen LogP contribution < -0.4 is 4.90 Å². The summed E-state index contributed by atoms with van der Waals surface area (Å²) in [4.78, 5) is 30.8. The number of halogens is 1. The largest absolute Gasteiger partial charge is 0.457 e. The van der Waals surface area contributed by atoms with Gasteiger partial charge in [0.2, 0.25) is 0 Å². The van der Waals surface area contributed by atoms with E-state index in [-0.39, 0.29) is 16.6 Å². The molecule has 0 atom stereocenters. The Morgan fingerprint density at radius 3 is 2.30 bits per heavy atom. The lowest BCUT2D eigenvalue weighted by Crippen LogP contribution is -2.28. The first-order valence-electron chi connectivity index (χ1n) is 11.3. The molecule has 2 heterocycles. The van der Waals surface area contributed by atoms with Crippen molar-refractivity contribution in [3.8, 4) is 11.3 Å². The molecule has 1 fully saturated rings. The molecule has 1 aliphatic heterocycles. The Balaban J connectivity index is 1.49. The summed E-state index contributed by atoms with van der Waals surface area (Å²) in [6, 6.07) is 23.1. The fourth-order valence-corrected chi connectivity index (χ4v) is 4.97. The van der Waals surface area contributed by atoms with Gasteiger partial charge >= 0.3 is 0 Å². The molecule has 1 saturated heterocycles. The molecule has 0 saturated carbocycles. The molecule has 7 nitrogen and oxygen atoms in total. The second-order valence-corrected chi connectivity index (χ2v) is 9.86. The van der Waals surface area contributed by atoms with Crippen LogP contribution in [0.25, 0.3) is 17.4 Å². The van der Waals surface area contributed by atoms with E-state index in [2.05, 4.69) is 0 Å². The zero-order chi connectivity index (χ0) is 26.1. The number of carbonyl (C=O) groups is 1. The summed E-state index contributed by atoms with van der Waals surface area (Å²) in [7, 11) is 0. The van der Waals surface area contributed by atoms with Crippen LogP contribution >= 0.6 is 23.4 Å². The van der Waals surface area contributed by atoms with E-state index >= 15 is 0 Å². The van der Waals surface area contributed by atoms with Gasteiger partial charge in [-0.25, -0.2) is 4.99 Å². The van der Waals surface area contributed by atoms with Gasteiger partial charge in [0.15, 0.2) is 5.17 Å². The van der Waals surface area contributed by atoms with Crippen molar-refractivity contribution >= 4 is 57.6 Å². The number of benzene rings is 3. The molecule has 0 aliphatic carbocycles. The maximum Gasteiger partial charge on any atom is 0.271 e. The first kappa shape index (κ1) is 24.5. The third-order valence-corrected chi connectivity index (χ3v) is 6.97. The fraction of sp³-hybridized carbons (Fsp3) is 0.0714. The van der Waals surface area contributed by atoms with Crippen LogP contribution in [-0.2, 0) is 4.79 Å². The summed E-state index contributed by atoms with van der Waals surface area (Å²) < 4.78 is 5.93. The number of rotatable bonds is 5. The minimum Gasteiger partial charge on any atom is -0.457 e. The highest BCUT2D eigenvalue weighted by Crippen LogP contribution is 2.38. The zero-order valence-electron chi connectivity index (χ0n) is 19.8. The summed E-state index contributed by atoms with van der Waals surface area (Å²) in [6.07, 6.45) is 1.66. The van der Waals surface area contributed by atoms with Gasteiger partial charge in [0.05, 0.1) is 26.2 Å². The van der Waals surface area contributed by atoms with E-state index in [4.69, 9.17) is 21.0 Å². The second-order valence-electron chi connectivity index (χ2n) is 8.44. The number of nitro benzene ring substituents is 1. The smallest absolute Gasteiger partial charge is 0.271 e. The van der Waals surface area contributed by atoms with Crippen molar-refractivity contribution in [2.75, 3.05) is 4.90 Å². The maximum atomic E-state index is 13.5. The van der Waals surface area contributed by atoms with E-state index in [0.717, 1.165) is 22.5 Å². The Bertz CT molecular complexity index is 1570. The van der Waals surface area contributed by atoms with Gasteiger partial charge in [-0.3, -0.25) is 19.8 Å². The molecule has 1 aliphatic rings. The molecule has 0 spiro atoms. The van der Waals surface area contributed by atoms with E-state index in [1.165, 1.54) is 30.0 Å². The van der Waals surface area contributed by atoms with Crippen LogP contribution in [-0.4, -0.2) is 16.0 Å². The highest BCUT2D eigenvalue weighted by molar-refractivity contribution is 8.19. The predicted molar refractivity (Wildman–Crippen MR) is 148 cm³/mol. The van der Waals surface area contributed by atoms with Gasteiger partial charge < -0.3 is 4.42 Å². The molecule has 0 unspecified atom stereocenters. The minimum absolute atomic E-state index is 0.104. The van der Waals surface area contributed by atoms with Crippen LogP contribution in [0.4, 0.5) is 17.1 Å². The summed E-state index contributed by atoms with van der Waals surface area (Å²) in [6.45, 7) is 3.99. The average molecular weight is 530 g/mol. The Labute approximate surface area is 222 Å². The van der Waals surface area contributed by atoms with E-state index in [0.29, 0.717) is 27.2 Å². The maximum absolute atomic E-state index is 13.5. The molecule has 0 radical (unpaired) electrons. The van der Waals surface area contributed by atoms with Crippen molar-refractivity contribution in [3.05, 3.63) is 116 Å². The first-order chi connectivity index (χ1) is 17.8. The number of amidine groups is 1. The number of nitrogens with zero attached hydrogens (tertiary/aromatic N) is 3. The number of furan rings is 1. The summed E-state index contributed by atoms with van der Waals surface area (Å²) in [5.41, 5.74) is 4.08. The Hall–Kier alpha value is -4.14. The van der Waals surface area contributed by atoms with Gasteiger partial charge in [-0.1, -0.05) is 47.0 Å². The Kier molecular flexibility index (Phi) is 6.69. The second kappa shape index (κ2) is 10.1. The molecule has 0 N–H and O–H groups in total. The van der Waals surface area contributed by atoms with Gasteiger partial charge in [-0.05, 0) is 68.1 Å². The van der Waals surface area contributed by atoms with Crippen molar-refractivity contribution in [1.29, 1.82) is 0 Å². The number of non-ortho nitro benzene ring substituents is 1. The molecule has 0 bridgehead atoms. The highest BCUT2D eigenvalue weighted by atomic mass is 35.5. The first-order valence-corrected chi connectivity index (χ1v) is 12.5. The van der Waals surface area contributed by atoms with E-state index in [1.807, 2.05) is 62.4 Å². The lowest BCUT2D eigenvalue weighted by molar-refractivity contribution is -0.384. The van der Waals surface area contributed by atoms with E-state index in [1.54, 1.807) is 23.1 Å². The summed E-state index contributed by atoms with van der Waals surface area (Å²) in [5.74, 6) is 0.665. The molecule has 1 amide bonds. The predicted octanol–water partition coefficient (Wildman–Crippen LogP) is 7.93. The third kappa shape index (κ3) is 5.21. The number of thioether (sulfide) groups is 1. The van der Waals surface area contributed by atoms with Crippen LogP contribution in [0.15, 0.2) is 93.2 Å². The van der Waals surface area contributed by atoms with Crippen molar-refractivity contribution in [2.45, 2.75) is 13.8 Å². The number of anilines is 1. The highest BCUT2D eigenvalue weighted by Gasteiger charge is 2.35. The summed E-state index contributed by atoms with van der Waals surface area (Å²) in [5, 5.41) is 11.7. The SMILES string of the molecule is Cc1ccc(N=C2S/C(=C/c3ccc(-c4ccc([N+](=O)[O-])cc4Cl)o3)C(=O)N2c2ccc(C)cc2)cc1. The zero-order valence-corrected chi connectivity index (χ0v) is 21.4. The van der Waals surface area contributed by atoms with Gasteiger partial charge in [0.1, 0.15) is 11.5 Å². The van der Waals surface area contributed by atoms with Crippen molar-refractivity contribution in [3.63, 3.8) is 0 Å². The summed E-state index contributed by atoms with van der Waals surface area (Å²) >= 11 is 7.51. The molecule has 37 heavy (non-hydrogen) atoms. The molecule has 1 aromatic heterocycles. The lowest BCUT2D eigenvalue weighted by atomic mass is 10.1. The molecule has 9 heteroatoms. The van der Waals surface area contributed by atoms with Gasteiger partial charge in [0, 0.05) is 23.8 Å². The third-order valence-electron chi connectivity index (χ3n) is 5.69. The topological polar surface area (TPSA) is 89.0 Å². The molecule has 5 rings (SSSR count).